The first-order valence-electron chi connectivity index (χ1n) is 12.9. The van der Waals surface area contributed by atoms with Gasteiger partial charge in [-0.05, 0) is 70.0 Å². The summed E-state index contributed by atoms with van der Waals surface area (Å²) in [7, 11) is 1.63. The lowest BCUT2D eigenvalue weighted by molar-refractivity contribution is -0.119. The van der Waals surface area contributed by atoms with Crippen molar-refractivity contribution in [3.8, 4) is 11.5 Å². The van der Waals surface area contributed by atoms with E-state index in [0.29, 0.717) is 30.9 Å². The molecule has 0 saturated heterocycles. The standard InChI is InChI=1S/C31H33BrINO4/c1-30(2)12-21-27(23(35)14-30)26(28-22(34-21)13-31(3,4)15-24(28)36)18-10-20(33)29(25(11-18)37-5)38-16-17-8-6-7-9-19(17)32/h6-11,26,34H,12-16H2,1-5H3. The van der Waals surface area contributed by atoms with Crippen LogP contribution in [-0.4, -0.2) is 18.7 Å². The Kier molecular flexibility index (Phi) is 7.31. The number of ketones is 2. The minimum Gasteiger partial charge on any atom is -0.493 e. The van der Waals surface area contributed by atoms with Gasteiger partial charge in [-0.3, -0.25) is 9.59 Å². The smallest absolute Gasteiger partial charge is 0.174 e. The highest BCUT2D eigenvalue weighted by atomic mass is 127. The van der Waals surface area contributed by atoms with E-state index in [1.165, 1.54) is 0 Å². The zero-order valence-corrected chi connectivity index (χ0v) is 26.2. The molecular formula is C31H33BrINO4. The number of carbonyl (C=O) groups is 2. The van der Waals surface area contributed by atoms with E-state index in [2.05, 4.69) is 71.5 Å². The third kappa shape index (κ3) is 5.20. The molecule has 38 heavy (non-hydrogen) atoms. The predicted octanol–water partition coefficient (Wildman–Crippen LogP) is 7.61. The van der Waals surface area contributed by atoms with E-state index >= 15 is 0 Å². The quantitative estimate of drug-likeness (QED) is 0.328. The summed E-state index contributed by atoms with van der Waals surface area (Å²) >= 11 is 5.85. The van der Waals surface area contributed by atoms with Gasteiger partial charge in [-0.2, -0.15) is 0 Å². The highest BCUT2D eigenvalue weighted by molar-refractivity contribution is 14.1. The summed E-state index contributed by atoms with van der Waals surface area (Å²) in [5.41, 5.74) is 5.05. The number of hydrogen-bond donors (Lipinski definition) is 1. The lowest BCUT2D eigenvalue weighted by atomic mass is 9.64. The van der Waals surface area contributed by atoms with Crippen molar-refractivity contribution in [3.63, 3.8) is 0 Å². The minimum atomic E-state index is -0.409. The average molecular weight is 690 g/mol. The number of benzene rings is 2. The van der Waals surface area contributed by atoms with Crippen LogP contribution >= 0.6 is 38.5 Å². The predicted molar refractivity (Wildman–Crippen MR) is 160 cm³/mol. The van der Waals surface area contributed by atoms with E-state index in [9.17, 15) is 9.59 Å². The molecule has 2 aliphatic carbocycles. The van der Waals surface area contributed by atoms with Crippen molar-refractivity contribution in [1.82, 2.24) is 5.32 Å². The maximum Gasteiger partial charge on any atom is 0.174 e. The number of Topliss-reactive ketones (excluding diaryl/α,β-unsaturated/α-hetero) is 2. The van der Waals surface area contributed by atoms with Crippen LogP contribution in [-0.2, 0) is 16.2 Å². The van der Waals surface area contributed by atoms with Gasteiger partial charge in [-0.15, -0.1) is 0 Å². The molecule has 3 aliphatic rings. The van der Waals surface area contributed by atoms with Crippen molar-refractivity contribution in [3.05, 3.63) is 78.1 Å². The molecule has 0 bridgehead atoms. The van der Waals surface area contributed by atoms with Gasteiger partial charge < -0.3 is 14.8 Å². The molecule has 1 aliphatic heterocycles. The van der Waals surface area contributed by atoms with Gasteiger partial charge in [0.2, 0.25) is 0 Å². The Balaban J connectivity index is 1.60. The molecule has 1 heterocycles. The Morgan fingerprint density at radius 3 is 2.08 bits per heavy atom. The molecule has 5 nitrogen and oxygen atoms in total. The first-order valence-corrected chi connectivity index (χ1v) is 14.8. The van der Waals surface area contributed by atoms with E-state index in [4.69, 9.17) is 9.47 Å². The van der Waals surface area contributed by atoms with Crippen LogP contribution < -0.4 is 14.8 Å². The van der Waals surface area contributed by atoms with Crippen molar-refractivity contribution in [1.29, 1.82) is 0 Å². The number of halogens is 2. The van der Waals surface area contributed by atoms with Crippen LogP contribution in [0.3, 0.4) is 0 Å². The van der Waals surface area contributed by atoms with Gasteiger partial charge in [0.15, 0.2) is 23.1 Å². The summed E-state index contributed by atoms with van der Waals surface area (Å²) in [6.45, 7) is 8.91. The monoisotopic (exact) mass is 689 g/mol. The van der Waals surface area contributed by atoms with E-state index in [1.807, 2.05) is 36.4 Å². The molecule has 1 N–H and O–H groups in total. The molecule has 2 aromatic carbocycles. The number of rotatable bonds is 5. The molecule has 0 unspecified atom stereocenters. The van der Waals surface area contributed by atoms with Crippen LogP contribution in [0.25, 0.3) is 0 Å². The van der Waals surface area contributed by atoms with E-state index in [1.54, 1.807) is 7.11 Å². The van der Waals surface area contributed by atoms with Crippen molar-refractivity contribution < 1.29 is 19.1 Å². The van der Waals surface area contributed by atoms with Gasteiger partial charge in [0.05, 0.1) is 10.7 Å². The van der Waals surface area contributed by atoms with Crippen LogP contribution in [0.4, 0.5) is 0 Å². The molecule has 7 heteroatoms. The molecule has 0 fully saturated rings. The Hall–Kier alpha value is -2.13. The zero-order chi connectivity index (χ0) is 27.4. The zero-order valence-electron chi connectivity index (χ0n) is 22.5. The first kappa shape index (κ1) is 27.4. The normalized spacial score (nSPS) is 20.6. The second-order valence-corrected chi connectivity index (χ2v) is 14.2. The van der Waals surface area contributed by atoms with E-state index in [-0.39, 0.29) is 22.4 Å². The lowest BCUT2D eigenvalue weighted by Crippen LogP contribution is -2.42. The summed E-state index contributed by atoms with van der Waals surface area (Å²) in [6, 6.07) is 11.9. The number of allylic oxidation sites excluding steroid dienone is 4. The Bertz CT molecular complexity index is 1350. The Morgan fingerprint density at radius 1 is 0.947 bits per heavy atom. The molecule has 0 spiro atoms. The van der Waals surface area contributed by atoms with E-state index in [0.717, 1.165) is 54.6 Å². The van der Waals surface area contributed by atoms with Gasteiger partial charge in [-0.1, -0.05) is 61.8 Å². The minimum absolute atomic E-state index is 0.112. The number of carbonyl (C=O) groups excluding carboxylic acids is 2. The van der Waals surface area contributed by atoms with Crippen molar-refractivity contribution in [2.45, 2.75) is 65.9 Å². The summed E-state index contributed by atoms with van der Waals surface area (Å²) in [4.78, 5) is 27.3. The van der Waals surface area contributed by atoms with Gasteiger partial charge in [0, 0.05) is 51.3 Å². The summed E-state index contributed by atoms with van der Waals surface area (Å²) < 4.78 is 13.9. The molecular weight excluding hydrogens is 657 g/mol. The van der Waals surface area contributed by atoms with Crippen LogP contribution in [0.15, 0.2) is 63.4 Å². The highest BCUT2D eigenvalue weighted by Crippen LogP contribution is 2.52. The molecule has 0 atom stereocenters. The van der Waals surface area contributed by atoms with E-state index < -0.39 is 5.92 Å². The number of ether oxygens (including phenoxy) is 2. The van der Waals surface area contributed by atoms with Gasteiger partial charge in [0.25, 0.3) is 0 Å². The molecule has 0 saturated carbocycles. The fourth-order valence-corrected chi connectivity index (χ4v) is 7.21. The third-order valence-electron chi connectivity index (χ3n) is 7.63. The molecule has 200 valence electrons. The largest absolute Gasteiger partial charge is 0.493 e. The second kappa shape index (κ2) is 10.1. The Labute approximate surface area is 246 Å². The van der Waals surface area contributed by atoms with Crippen molar-refractivity contribution >= 4 is 50.1 Å². The second-order valence-electron chi connectivity index (χ2n) is 12.1. The fraction of sp³-hybridized carbons (Fsp3) is 0.419. The lowest BCUT2D eigenvalue weighted by Gasteiger charge is -2.44. The van der Waals surface area contributed by atoms with Crippen LogP contribution in [0.5, 0.6) is 11.5 Å². The van der Waals surface area contributed by atoms with Crippen molar-refractivity contribution in [2.75, 3.05) is 7.11 Å². The number of methoxy groups -OCH3 is 1. The number of nitrogens with one attached hydrogen (secondary N) is 1. The van der Waals surface area contributed by atoms with Gasteiger partial charge in [-0.25, -0.2) is 0 Å². The highest BCUT2D eigenvalue weighted by Gasteiger charge is 2.46. The Morgan fingerprint density at radius 2 is 1.53 bits per heavy atom. The van der Waals surface area contributed by atoms with Crippen LogP contribution in [0, 0.1) is 14.4 Å². The maximum atomic E-state index is 13.6. The molecule has 5 rings (SSSR count). The number of hydrogen-bond acceptors (Lipinski definition) is 5. The van der Waals surface area contributed by atoms with Crippen LogP contribution in [0.1, 0.15) is 70.4 Å². The molecule has 0 amide bonds. The first-order chi connectivity index (χ1) is 17.9. The summed E-state index contributed by atoms with van der Waals surface area (Å²) in [5, 5.41) is 3.58. The third-order valence-corrected chi connectivity index (χ3v) is 9.21. The molecule has 0 radical (unpaired) electrons. The molecule has 2 aromatic rings. The average Bonchev–Trinajstić information content (AvgIpc) is 2.80. The number of dihydropyridines is 1. The topological polar surface area (TPSA) is 64.6 Å². The SMILES string of the molecule is COc1cc(C2C3=C(CC(C)(C)CC3=O)NC3=C2C(=O)CC(C)(C)C3)cc(I)c1OCc1ccccc1Br. The summed E-state index contributed by atoms with van der Waals surface area (Å²) in [6.07, 6.45) is 2.48. The maximum absolute atomic E-state index is 13.6. The fourth-order valence-electron chi connectivity index (χ4n) is 6.03. The summed E-state index contributed by atoms with van der Waals surface area (Å²) in [5.74, 6) is 1.06. The molecule has 0 aromatic heterocycles. The van der Waals surface area contributed by atoms with Crippen molar-refractivity contribution in [2.24, 2.45) is 10.8 Å². The van der Waals surface area contributed by atoms with Crippen LogP contribution in [0.2, 0.25) is 0 Å². The van der Waals surface area contributed by atoms with Gasteiger partial charge in [0.1, 0.15) is 6.61 Å². The van der Waals surface area contributed by atoms with Gasteiger partial charge >= 0.3 is 0 Å².